The number of carbonyl (C=O) groups excluding carboxylic acids is 1. The summed E-state index contributed by atoms with van der Waals surface area (Å²) in [5.41, 5.74) is 5.55. The number of carbonyl (C=O) groups is 1. The summed E-state index contributed by atoms with van der Waals surface area (Å²) in [5, 5.41) is 3.54. The lowest BCUT2D eigenvalue weighted by atomic mass is 10.0. The molecule has 3 heterocycles. The van der Waals surface area contributed by atoms with Crippen LogP contribution in [0.3, 0.4) is 0 Å². The number of fused-ring (bicyclic) bond motifs is 2. The van der Waals surface area contributed by atoms with Gasteiger partial charge in [-0.15, -0.1) is 0 Å². The van der Waals surface area contributed by atoms with Gasteiger partial charge in [-0.2, -0.15) is 0 Å². The number of amides is 1. The molecule has 0 saturated carbocycles. The van der Waals surface area contributed by atoms with Crippen molar-refractivity contribution in [3.63, 3.8) is 0 Å². The fourth-order valence-corrected chi connectivity index (χ4v) is 3.96. The number of para-hydroxylation sites is 1. The van der Waals surface area contributed by atoms with Crippen LogP contribution in [0.1, 0.15) is 22.3 Å². The van der Waals surface area contributed by atoms with E-state index in [0.29, 0.717) is 23.6 Å². The van der Waals surface area contributed by atoms with Gasteiger partial charge >= 0.3 is 0 Å². The first-order chi connectivity index (χ1) is 14.1. The zero-order valence-corrected chi connectivity index (χ0v) is 16.5. The maximum atomic E-state index is 12.7. The molecule has 1 unspecified atom stereocenters. The number of benzene rings is 2. The molecule has 0 radical (unpaired) electrons. The largest absolute Gasteiger partial charge is 0.480 e. The molecular weight excluding hydrogens is 386 g/mol. The van der Waals surface area contributed by atoms with E-state index in [1.165, 1.54) is 0 Å². The molecule has 1 N–H and O–H groups in total. The van der Waals surface area contributed by atoms with E-state index in [0.717, 1.165) is 39.5 Å². The lowest BCUT2D eigenvalue weighted by molar-refractivity contribution is -0.122. The number of nitrogens with zero attached hydrogens (tertiary/aromatic N) is 2. The second-order valence-electron chi connectivity index (χ2n) is 7.33. The molecule has 0 saturated heterocycles. The smallest absolute Gasteiger partial charge is 0.265 e. The Morgan fingerprint density at radius 2 is 2.03 bits per heavy atom. The Bertz CT molecular complexity index is 1150. The quantitative estimate of drug-likeness (QED) is 0.691. The van der Waals surface area contributed by atoms with E-state index < -0.39 is 6.10 Å². The normalized spacial score (nSPS) is 16.6. The minimum atomic E-state index is -0.535. The van der Waals surface area contributed by atoms with Gasteiger partial charge in [-0.1, -0.05) is 35.9 Å². The number of ether oxygens (including phenoxy) is 1. The summed E-state index contributed by atoms with van der Waals surface area (Å²) >= 11 is 6.44. The van der Waals surface area contributed by atoms with Crippen molar-refractivity contribution in [3.05, 3.63) is 82.0 Å². The molecule has 0 spiro atoms. The van der Waals surface area contributed by atoms with Crippen LogP contribution in [-0.4, -0.2) is 22.7 Å². The lowest BCUT2D eigenvalue weighted by Crippen LogP contribution is -2.31. The van der Waals surface area contributed by atoms with Crippen LogP contribution in [0, 0.1) is 6.92 Å². The average Bonchev–Trinajstić information content (AvgIpc) is 3.33. The number of halogens is 1. The summed E-state index contributed by atoms with van der Waals surface area (Å²) in [6, 6.07) is 15.2. The molecule has 6 heteroatoms. The standard InChI is InChI=1S/C23H18ClN3O2/c1-13-8-15-9-19(27-22(15)25-12-13)17-11-16(6-7-18(17)24)26-23(28)21-10-14-4-2-3-5-20(14)29-21/h2-8,11-12,21H,9-10H2,1H3,(H,26,28). The Kier molecular flexibility index (Phi) is 4.32. The van der Waals surface area contributed by atoms with Crippen molar-refractivity contribution in [3.8, 4) is 5.75 Å². The first-order valence-electron chi connectivity index (χ1n) is 9.45. The van der Waals surface area contributed by atoms with Gasteiger partial charge in [0.05, 0.1) is 5.71 Å². The highest BCUT2D eigenvalue weighted by Crippen LogP contribution is 2.32. The highest BCUT2D eigenvalue weighted by Gasteiger charge is 2.29. The number of pyridine rings is 1. The molecule has 0 fully saturated rings. The van der Waals surface area contributed by atoms with Crippen molar-refractivity contribution < 1.29 is 9.53 Å². The molecular formula is C23H18ClN3O2. The summed E-state index contributed by atoms with van der Waals surface area (Å²) in [6.07, 6.45) is 2.51. The average molecular weight is 404 g/mol. The number of hydrogen-bond acceptors (Lipinski definition) is 4. The van der Waals surface area contributed by atoms with Crippen LogP contribution in [0.2, 0.25) is 5.02 Å². The Balaban J connectivity index is 1.35. The van der Waals surface area contributed by atoms with Gasteiger partial charge < -0.3 is 10.1 Å². The fourth-order valence-electron chi connectivity index (χ4n) is 3.73. The van der Waals surface area contributed by atoms with Gasteiger partial charge in [-0.3, -0.25) is 4.79 Å². The van der Waals surface area contributed by atoms with Crippen molar-refractivity contribution in [1.29, 1.82) is 0 Å². The van der Waals surface area contributed by atoms with Gasteiger partial charge in [0.15, 0.2) is 11.9 Å². The summed E-state index contributed by atoms with van der Waals surface area (Å²) in [4.78, 5) is 21.7. The Morgan fingerprint density at radius 1 is 1.17 bits per heavy atom. The first kappa shape index (κ1) is 17.9. The van der Waals surface area contributed by atoms with Crippen LogP contribution in [0.15, 0.2) is 59.7 Å². The SMILES string of the molecule is Cc1cnc2c(c1)CC(c1cc(NC(=O)C3Cc4ccccc4O3)ccc1Cl)=N2. The zero-order chi connectivity index (χ0) is 20.0. The van der Waals surface area contributed by atoms with Crippen molar-refractivity contribution in [1.82, 2.24) is 4.98 Å². The number of rotatable bonds is 3. The van der Waals surface area contributed by atoms with Crippen molar-refractivity contribution >= 4 is 34.7 Å². The Morgan fingerprint density at radius 3 is 2.90 bits per heavy atom. The predicted molar refractivity (Wildman–Crippen MR) is 114 cm³/mol. The van der Waals surface area contributed by atoms with E-state index in [4.69, 9.17) is 16.3 Å². The third-order valence-corrected chi connectivity index (χ3v) is 5.49. The monoisotopic (exact) mass is 403 g/mol. The van der Waals surface area contributed by atoms with Gasteiger partial charge in [-0.05, 0) is 42.3 Å². The number of hydrogen-bond donors (Lipinski definition) is 1. The molecule has 1 aromatic heterocycles. The van der Waals surface area contributed by atoms with Gasteiger partial charge in [0.1, 0.15) is 5.75 Å². The predicted octanol–water partition coefficient (Wildman–Crippen LogP) is 4.66. The van der Waals surface area contributed by atoms with Gasteiger partial charge in [0, 0.05) is 40.9 Å². The minimum Gasteiger partial charge on any atom is -0.480 e. The molecule has 1 amide bonds. The molecule has 5 rings (SSSR count). The van der Waals surface area contributed by atoms with E-state index in [-0.39, 0.29) is 5.91 Å². The van der Waals surface area contributed by atoms with E-state index in [9.17, 15) is 4.79 Å². The number of nitrogens with one attached hydrogen (secondary N) is 1. The van der Waals surface area contributed by atoms with Crippen LogP contribution < -0.4 is 10.1 Å². The lowest BCUT2D eigenvalue weighted by Gasteiger charge is -2.13. The summed E-state index contributed by atoms with van der Waals surface area (Å²) in [7, 11) is 0. The van der Waals surface area contributed by atoms with Gasteiger partial charge in [0.2, 0.25) is 0 Å². The maximum absolute atomic E-state index is 12.7. The zero-order valence-electron chi connectivity index (χ0n) is 15.8. The second kappa shape index (κ2) is 7.01. The molecule has 0 aliphatic carbocycles. The number of aromatic nitrogens is 1. The van der Waals surface area contributed by atoms with E-state index in [1.807, 2.05) is 43.5 Å². The molecule has 3 aromatic rings. The summed E-state index contributed by atoms with van der Waals surface area (Å²) in [5.74, 6) is 1.32. The third kappa shape index (κ3) is 3.38. The summed E-state index contributed by atoms with van der Waals surface area (Å²) in [6.45, 7) is 2.01. The first-order valence-corrected chi connectivity index (χ1v) is 9.83. The molecule has 144 valence electrons. The van der Waals surface area contributed by atoms with E-state index >= 15 is 0 Å². The van der Waals surface area contributed by atoms with Crippen LogP contribution >= 0.6 is 11.6 Å². The number of aliphatic imine (C=N–C) groups is 1. The van der Waals surface area contributed by atoms with E-state index in [2.05, 4.69) is 21.4 Å². The molecule has 2 aromatic carbocycles. The van der Waals surface area contributed by atoms with Crippen LogP contribution in [0.25, 0.3) is 0 Å². The molecule has 5 nitrogen and oxygen atoms in total. The van der Waals surface area contributed by atoms with Crippen LogP contribution in [0.4, 0.5) is 11.5 Å². The van der Waals surface area contributed by atoms with E-state index in [1.54, 1.807) is 12.1 Å². The Labute approximate surface area is 173 Å². The van der Waals surface area contributed by atoms with Crippen molar-refractivity contribution in [2.75, 3.05) is 5.32 Å². The third-order valence-electron chi connectivity index (χ3n) is 5.16. The number of aryl methyl sites for hydroxylation is 1. The van der Waals surface area contributed by atoms with Gasteiger partial charge in [0.25, 0.3) is 5.91 Å². The van der Waals surface area contributed by atoms with Crippen LogP contribution in [-0.2, 0) is 17.6 Å². The fraction of sp³-hybridized carbons (Fsp3) is 0.174. The van der Waals surface area contributed by atoms with Crippen LogP contribution in [0.5, 0.6) is 5.75 Å². The molecule has 29 heavy (non-hydrogen) atoms. The number of anilines is 1. The molecule has 0 bridgehead atoms. The Hall–Kier alpha value is -3.18. The maximum Gasteiger partial charge on any atom is 0.265 e. The second-order valence-corrected chi connectivity index (χ2v) is 7.74. The van der Waals surface area contributed by atoms with Gasteiger partial charge in [-0.25, -0.2) is 9.98 Å². The summed E-state index contributed by atoms with van der Waals surface area (Å²) < 4.78 is 5.78. The molecule has 1 atom stereocenters. The molecule has 2 aliphatic heterocycles. The topological polar surface area (TPSA) is 63.6 Å². The molecule has 2 aliphatic rings. The van der Waals surface area contributed by atoms with Crippen molar-refractivity contribution in [2.24, 2.45) is 4.99 Å². The highest BCUT2D eigenvalue weighted by molar-refractivity contribution is 6.34. The highest BCUT2D eigenvalue weighted by atomic mass is 35.5. The minimum absolute atomic E-state index is 0.177. The van der Waals surface area contributed by atoms with Crippen molar-refractivity contribution in [2.45, 2.75) is 25.9 Å².